The Hall–Kier alpha value is -3.19. The fraction of sp³-hybridized carbons (Fsp3) is 0.375. The number of amides is 1. The van der Waals surface area contributed by atoms with Crippen molar-refractivity contribution in [1.82, 2.24) is 19.9 Å². The highest BCUT2D eigenvalue weighted by molar-refractivity contribution is 5.81. The average molecular weight is 421 g/mol. The molecule has 0 saturated carbocycles. The van der Waals surface area contributed by atoms with Gasteiger partial charge in [0.05, 0.1) is 6.54 Å². The van der Waals surface area contributed by atoms with Crippen molar-refractivity contribution in [1.29, 1.82) is 0 Å². The molecule has 0 bridgehead atoms. The smallest absolute Gasteiger partial charge is 0.263 e. The molecule has 2 heterocycles. The van der Waals surface area contributed by atoms with E-state index in [1.54, 1.807) is 6.92 Å². The summed E-state index contributed by atoms with van der Waals surface area (Å²) < 4.78 is 11.3. The van der Waals surface area contributed by atoms with E-state index in [1.807, 2.05) is 67.3 Å². The fourth-order valence-electron chi connectivity index (χ4n) is 3.59. The van der Waals surface area contributed by atoms with Gasteiger partial charge in [0.1, 0.15) is 5.75 Å². The molecule has 1 fully saturated rings. The molecular formula is C24H28N4O3. The molecule has 7 heteroatoms. The summed E-state index contributed by atoms with van der Waals surface area (Å²) in [5, 5.41) is 4.10. The first-order valence-corrected chi connectivity index (χ1v) is 10.6. The van der Waals surface area contributed by atoms with Gasteiger partial charge in [0, 0.05) is 31.7 Å². The molecule has 7 nitrogen and oxygen atoms in total. The molecule has 162 valence electrons. The molecule has 1 saturated heterocycles. The van der Waals surface area contributed by atoms with Crippen LogP contribution in [0, 0.1) is 13.8 Å². The van der Waals surface area contributed by atoms with Gasteiger partial charge in [0.2, 0.25) is 11.7 Å². The lowest BCUT2D eigenvalue weighted by Gasteiger charge is -2.35. The zero-order valence-electron chi connectivity index (χ0n) is 18.2. The average Bonchev–Trinajstić information content (AvgIpc) is 3.24. The van der Waals surface area contributed by atoms with Crippen molar-refractivity contribution in [2.45, 2.75) is 33.4 Å². The van der Waals surface area contributed by atoms with Gasteiger partial charge in [0.15, 0.2) is 6.10 Å². The van der Waals surface area contributed by atoms with Crippen LogP contribution < -0.4 is 4.74 Å². The minimum atomic E-state index is -0.512. The summed E-state index contributed by atoms with van der Waals surface area (Å²) in [6.45, 7) is 9.27. The number of hydrogen-bond donors (Lipinski definition) is 0. The summed E-state index contributed by atoms with van der Waals surface area (Å²) in [4.78, 5) is 21.4. The van der Waals surface area contributed by atoms with Crippen LogP contribution >= 0.6 is 0 Å². The zero-order valence-corrected chi connectivity index (χ0v) is 18.2. The Kier molecular flexibility index (Phi) is 6.32. The number of rotatable bonds is 6. The van der Waals surface area contributed by atoms with Gasteiger partial charge in [-0.3, -0.25) is 9.69 Å². The minimum absolute atomic E-state index is 0.0136. The molecule has 31 heavy (non-hydrogen) atoms. The molecule has 1 amide bonds. The molecule has 0 aliphatic carbocycles. The maximum absolute atomic E-state index is 12.8. The van der Waals surface area contributed by atoms with Crippen LogP contribution in [-0.4, -0.2) is 58.1 Å². The van der Waals surface area contributed by atoms with E-state index in [2.05, 4.69) is 15.0 Å². The van der Waals surface area contributed by atoms with Crippen molar-refractivity contribution in [3.05, 3.63) is 65.5 Å². The maximum atomic E-state index is 12.8. The molecule has 1 aliphatic rings. The van der Waals surface area contributed by atoms with E-state index in [9.17, 15) is 4.79 Å². The summed E-state index contributed by atoms with van der Waals surface area (Å²) in [5.74, 6) is 1.92. The highest BCUT2D eigenvalue weighted by atomic mass is 16.5. The van der Waals surface area contributed by atoms with Gasteiger partial charge in [-0.1, -0.05) is 52.7 Å². The summed E-state index contributed by atoms with van der Waals surface area (Å²) in [6.07, 6.45) is -0.512. The second kappa shape index (κ2) is 9.31. The number of piperazine rings is 1. The topological polar surface area (TPSA) is 71.7 Å². The first kappa shape index (κ1) is 21.1. The van der Waals surface area contributed by atoms with Gasteiger partial charge in [-0.05, 0) is 32.9 Å². The number of nitrogens with zero attached hydrogens (tertiary/aromatic N) is 4. The van der Waals surface area contributed by atoms with Crippen molar-refractivity contribution in [3.8, 4) is 17.1 Å². The Morgan fingerprint density at radius 2 is 1.61 bits per heavy atom. The van der Waals surface area contributed by atoms with Crippen molar-refractivity contribution in [2.24, 2.45) is 0 Å². The lowest BCUT2D eigenvalue weighted by molar-refractivity contribution is -0.139. The summed E-state index contributed by atoms with van der Waals surface area (Å²) in [7, 11) is 0. The molecule has 3 aromatic rings. The fourth-order valence-corrected chi connectivity index (χ4v) is 3.59. The van der Waals surface area contributed by atoms with E-state index < -0.39 is 6.10 Å². The SMILES string of the molecule is Cc1ccc(O[C@H](C)C(=O)N2CCN(Cc3nc(-c4ccc(C)cc4)no3)CC2)cc1. The van der Waals surface area contributed by atoms with E-state index in [4.69, 9.17) is 9.26 Å². The number of aromatic nitrogens is 2. The van der Waals surface area contributed by atoms with Crippen molar-refractivity contribution < 1.29 is 14.1 Å². The predicted molar refractivity (Wildman–Crippen MR) is 118 cm³/mol. The third kappa shape index (κ3) is 5.30. The Morgan fingerprint density at radius 1 is 1.00 bits per heavy atom. The van der Waals surface area contributed by atoms with E-state index in [1.165, 1.54) is 5.56 Å². The van der Waals surface area contributed by atoms with Crippen LogP contribution in [0.25, 0.3) is 11.4 Å². The van der Waals surface area contributed by atoms with E-state index in [0.717, 1.165) is 24.2 Å². The Bertz CT molecular complexity index is 1010. The molecule has 1 aliphatic heterocycles. The molecule has 2 aromatic carbocycles. The Labute approximate surface area is 182 Å². The Morgan fingerprint density at radius 3 is 2.26 bits per heavy atom. The number of benzene rings is 2. The summed E-state index contributed by atoms with van der Waals surface area (Å²) >= 11 is 0. The normalized spacial score (nSPS) is 15.6. The Balaban J connectivity index is 1.27. The monoisotopic (exact) mass is 420 g/mol. The lowest BCUT2D eigenvalue weighted by Crippen LogP contribution is -2.51. The largest absolute Gasteiger partial charge is 0.481 e. The third-order valence-electron chi connectivity index (χ3n) is 5.50. The van der Waals surface area contributed by atoms with Gasteiger partial charge < -0.3 is 14.2 Å². The highest BCUT2D eigenvalue weighted by Gasteiger charge is 2.27. The van der Waals surface area contributed by atoms with Crippen LogP contribution in [0.5, 0.6) is 5.75 Å². The summed E-state index contributed by atoms with van der Waals surface area (Å²) in [6, 6.07) is 15.8. The first-order chi connectivity index (χ1) is 15.0. The molecular weight excluding hydrogens is 392 g/mol. The van der Waals surface area contributed by atoms with E-state index in [-0.39, 0.29) is 5.91 Å². The van der Waals surface area contributed by atoms with Gasteiger partial charge in [-0.25, -0.2) is 0 Å². The standard InChI is InChI=1S/C24H28N4O3/c1-17-4-8-20(9-5-17)23-25-22(31-26-23)16-27-12-14-28(15-13-27)24(29)19(3)30-21-10-6-18(2)7-11-21/h4-11,19H,12-16H2,1-3H3/t19-/m1/s1. The third-order valence-corrected chi connectivity index (χ3v) is 5.50. The van der Waals surface area contributed by atoms with Crippen LogP contribution in [0.15, 0.2) is 53.1 Å². The number of hydrogen-bond acceptors (Lipinski definition) is 6. The second-order valence-corrected chi connectivity index (χ2v) is 8.05. The number of carbonyl (C=O) groups is 1. The molecule has 1 aromatic heterocycles. The maximum Gasteiger partial charge on any atom is 0.263 e. The van der Waals surface area contributed by atoms with Crippen LogP contribution in [0.1, 0.15) is 23.9 Å². The van der Waals surface area contributed by atoms with Crippen molar-refractivity contribution >= 4 is 5.91 Å². The van der Waals surface area contributed by atoms with Gasteiger partial charge in [-0.15, -0.1) is 0 Å². The minimum Gasteiger partial charge on any atom is -0.481 e. The first-order valence-electron chi connectivity index (χ1n) is 10.6. The summed E-state index contributed by atoms with van der Waals surface area (Å²) in [5.41, 5.74) is 3.30. The predicted octanol–water partition coefficient (Wildman–Crippen LogP) is 3.47. The van der Waals surface area contributed by atoms with Crippen LogP contribution in [0.3, 0.4) is 0 Å². The van der Waals surface area contributed by atoms with Gasteiger partial charge in [0.25, 0.3) is 5.91 Å². The van der Waals surface area contributed by atoms with Crippen LogP contribution in [0.2, 0.25) is 0 Å². The van der Waals surface area contributed by atoms with Gasteiger partial charge >= 0.3 is 0 Å². The highest BCUT2D eigenvalue weighted by Crippen LogP contribution is 2.18. The molecule has 4 rings (SSSR count). The van der Waals surface area contributed by atoms with Crippen molar-refractivity contribution in [3.63, 3.8) is 0 Å². The quantitative estimate of drug-likeness (QED) is 0.608. The van der Waals surface area contributed by atoms with Crippen LogP contribution in [-0.2, 0) is 11.3 Å². The molecule has 0 N–H and O–H groups in total. The van der Waals surface area contributed by atoms with Crippen molar-refractivity contribution in [2.75, 3.05) is 26.2 Å². The molecule has 0 spiro atoms. The van der Waals surface area contributed by atoms with Gasteiger partial charge in [-0.2, -0.15) is 4.98 Å². The van der Waals surface area contributed by atoms with E-state index in [0.29, 0.717) is 37.1 Å². The lowest BCUT2D eigenvalue weighted by atomic mass is 10.1. The van der Waals surface area contributed by atoms with E-state index >= 15 is 0 Å². The number of aryl methyl sites for hydroxylation is 2. The second-order valence-electron chi connectivity index (χ2n) is 8.05. The van der Waals surface area contributed by atoms with Crippen LogP contribution in [0.4, 0.5) is 0 Å². The zero-order chi connectivity index (χ0) is 21.8. The number of carbonyl (C=O) groups excluding carboxylic acids is 1. The molecule has 0 unspecified atom stereocenters. The molecule has 1 atom stereocenters. The molecule has 0 radical (unpaired) electrons. The number of ether oxygens (including phenoxy) is 1.